The molecule has 2 nitrogen and oxygen atoms in total. The van der Waals surface area contributed by atoms with Gasteiger partial charge in [0.1, 0.15) is 5.82 Å². The number of hydrogen-bond donors (Lipinski definition) is 0. The van der Waals surface area contributed by atoms with Crippen molar-refractivity contribution in [3.8, 4) is 0 Å². The van der Waals surface area contributed by atoms with Crippen LogP contribution in [0.5, 0.6) is 0 Å². The van der Waals surface area contributed by atoms with Crippen LogP contribution in [-0.4, -0.2) is 15.7 Å². The number of hydrogen-bond acceptors (Lipinski definition) is 1. The van der Waals surface area contributed by atoms with Crippen LogP contribution < -0.4 is 0 Å². The first-order valence-corrected chi connectivity index (χ1v) is 6.82. The van der Waals surface area contributed by atoms with Gasteiger partial charge in [-0.15, -0.1) is 11.6 Å². The third kappa shape index (κ3) is 2.92. The zero-order valence-corrected chi connectivity index (χ0v) is 12.3. The second kappa shape index (κ2) is 5.28. The monoisotopic (exact) mass is 304 g/mol. The van der Waals surface area contributed by atoms with Gasteiger partial charge in [-0.2, -0.15) is 13.2 Å². The minimum Gasteiger partial charge on any atom is -0.323 e. The predicted octanol–water partition coefficient (Wildman–Crippen LogP) is 5.16. The Kier molecular flexibility index (Phi) is 4.00. The van der Waals surface area contributed by atoms with Crippen molar-refractivity contribution in [3.63, 3.8) is 0 Å². The molecule has 0 saturated heterocycles. The molecule has 0 aliphatic carbocycles. The average Bonchev–Trinajstić information content (AvgIpc) is 2.67. The van der Waals surface area contributed by atoms with E-state index in [9.17, 15) is 13.2 Å². The lowest BCUT2D eigenvalue weighted by molar-refractivity contribution is -0.141. The van der Waals surface area contributed by atoms with Crippen molar-refractivity contribution in [1.82, 2.24) is 9.55 Å². The van der Waals surface area contributed by atoms with Crippen molar-refractivity contribution in [3.05, 3.63) is 29.6 Å². The van der Waals surface area contributed by atoms with E-state index in [-0.39, 0.29) is 0 Å². The summed E-state index contributed by atoms with van der Waals surface area (Å²) in [5.41, 5.74) is 2.31. The highest BCUT2D eigenvalue weighted by Crippen LogP contribution is 2.34. The molecule has 1 aromatic carbocycles. The molecule has 0 radical (unpaired) electrons. The fourth-order valence-electron chi connectivity index (χ4n) is 2.49. The Morgan fingerprint density at radius 1 is 1.30 bits per heavy atom. The number of benzene rings is 1. The first-order chi connectivity index (χ1) is 9.20. The molecule has 1 aromatic heterocycles. The van der Waals surface area contributed by atoms with Gasteiger partial charge in [-0.1, -0.05) is 12.1 Å². The van der Waals surface area contributed by atoms with Gasteiger partial charge in [-0.3, -0.25) is 0 Å². The Balaban J connectivity index is 2.62. The van der Waals surface area contributed by atoms with E-state index in [4.69, 9.17) is 11.6 Å². The number of nitrogens with zero attached hydrogens (tertiary/aromatic N) is 2. The van der Waals surface area contributed by atoms with Gasteiger partial charge in [0.2, 0.25) is 0 Å². The minimum absolute atomic E-state index is 0.447. The highest BCUT2D eigenvalue weighted by molar-refractivity contribution is 6.20. The Hall–Kier alpha value is -1.23. The van der Waals surface area contributed by atoms with Crippen molar-refractivity contribution in [2.45, 2.75) is 44.8 Å². The Morgan fingerprint density at radius 3 is 2.50 bits per heavy atom. The Labute approximate surface area is 120 Å². The summed E-state index contributed by atoms with van der Waals surface area (Å²) >= 11 is 6.08. The molecule has 1 heterocycles. The van der Waals surface area contributed by atoms with Gasteiger partial charge in [0.05, 0.1) is 22.8 Å². The molecule has 2 atom stereocenters. The largest absolute Gasteiger partial charge is 0.391 e. The Morgan fingerprint density at radius 2 is 1.95 bits per heavy atom. The van der Waals surface area contributed by atoms with Crippen LogP contribution in [-0.2, 0) is 0 Å². The van der Waals surface area contributed by atoms with E-state index >= 15 is 0 Å². The molecule has 2 aromatic rings. The van der Waals surface area contributed by atoms with Crippen LogP contribution in [0.4, 0.5) is 13.2 Å². The normalized spacial score (nSPS) is 15.6. The summed E-state index contributed by atoms with van der Waals surface area (Å²) in [6.45, 7) is 5.13. The van der Waals surface area contributed by atoms with E-state index in [0.717, 1.165) is 11.1 Å². The van der Waals surface area contributed by atoms with Gasteiger partial charge in [0.15, 0.2) is 0 Å². The summed E-state index contributed by atoms with van der Waals surface area (Å²) in [4.78, 5) is 4.39. The van der Waals surface area contributed by atoms with Gasteiger partial charge in [0, 0.05) is 6.04 Å². The van der Waals surface area contributed by atoms with Gasteiger partial charge in [-0.25, -0.2) is 4.98 Å². The molecule has 0 aliphatic rings. The highest BCUT2D eigenvalue weighted by Gasteiger charge is 2.32. The minimum atomic E-state index is -4.22. The smallest absolute Gasteiger partial charge is 0.323 e. The fourth-order valence-corrected chi connectivity index (χ4v) is 2.65. The van der Waals surface area contributed by atoms with Gasteiger partial charge in [0.25, 0.3) is 0 Å². The first-order valence-electron chi connectivity index (χ1n) is 6.39. The Bertz CT molecular complexity index is 617. The molecule has 20 heavy (non-hydrogen) atoms. The molecule has 0 bridgehead atoms. The van der Waals surface area contributed by atoms with Crippen LogP contribution in [0.15, 0.2) is 18.2 Å². The maximum absolute atomic E-state index is 12.7. The molecule has 0 fully saturated rings. The van der Waals surface area contributed by atoms with E-state index in [0.29, 0.717) is 11.3 Å². The van der Waals surface area contributed by atoms with E-state index in [1.54, 1.807) is 24.5 Å². The number of halogens is 4. The molecule has 6 heteroatoms. The SMILES string of the molecule is Cc1cccc2nc(C(C)Cl)n(C(C)CC(F)(F)F)c12. The van der Waals surface area contributed by atoms with Crippen molar-refractivity contribution in [2.75, 3.05) is 0 Å². The lowest BCUT2D eigenvalue weighted by atomic mass is 10.1. The van der Waals surface area contributed by atoms with Crippen LogP contribution >= 0.6 is 11.6 Å². The standard InChI is InChI=1S/C14H16ClF3N2/c1-8-5-4-6-11-12(8)20(13(19-11)10(3)15)9(2)7-14(16,17)18/h4-6,9-10H,7H2,1-3H3. The second-order valence-electron chi connectivity index (χ2n) is 5.07. The molecule has 2 rings (SSSR count). The lowest BCUT2D eigenvalue weighted by Gasteiger charge is -2.20. The number of aryl methyl sites for hydroxylation is 1. The maximum Gasteiger partial charge on any atom is 0.391 e. The van der Waals surface area contributed by atoms with Gasteiger partial charge in [-0.05, 0) is 32.4 Å². The van der Waals surface area contributed by atoms with Crippen LogP contribution in [0.25, 0.3) is 11.0 Å². The van der Waals surface area contributed by atoms with Crippen molar-refractivity contribution < 1.29 is 13.2 Å². The van der Waals surface area contributed by atoms with Crippen LogP contribution in [0.3, 0.4) is 0 Å². The molecular weight excluding hydrogens is 289 g/mol. The number of imidazole rings is 1. The van der Waals surface area contributed by atoms with Gasteiger partial charge >= 0.3 is 6.18 Å². The van der Waals surface area contributed by atoms with E-state index in [1.807, 2.05) is 19.1 Å². The molecule has 0 spiro atoms. The molecule has 0 N–H and O–H groups in total. The number of fused-ring (bicyclic) bond motifs is 1. The summed E-state index contributed by atoms with van der Waals surface area (Å²) in [5, 5.41) is -0.447. The van der Waals surface area contributed by atoms with Gasteiger partial charge < -0.3 is 4.57 Å². The molecule has 0 amide bonds. The van der Waals surface area contributed by atoms with E-state index in [2.05, 4.69) is 4.98 Å². The maximum atomic E-state index is 12.7. The van der Waals surface area contributed by atoms with Crippen LogP contribution in [0, 0.1) is 6.92 Å². The number of alkyl halides is 4. The van der Waals surface area contributed by atoms with E-state index in [1.165, 1.54) is 0 Å². The molecule has 2 unspecified atom stereocenters. The van der Waals surface area contributed by atoms with Crippen molar-refractivity contribution in [2.24, 2.45) is 0 Å². The van der Waals surface area contributed by atoms with Crippen LogP contribution in [0.2, 0.25) is 0 Å². The number of para-hydroxylation sites is 1. The summed E-state index contributed by atoms with van der Waals surface area (Å²) in [6.07, 6.45) is -5.12. The quantitative estimate of drug-likeness (QED) is 0.716. The zero-order valence-electron chi connectivity index (χ0n) is 11.5. The van der Waals surface area contributed by atoms with Crippen molar-refractivity contribution in [1.29, 1.82) is 0 Å². The predicted molar refractivity (Wildman–Crippen MR) is 74.1 cm³/mol. The molecule has 0 aliphatic heterocycles. The summed E-state index contributed by atoms with van der Waals surface area (Å²) in [7, 11) is 0. The lowest BCUT2D eigenvalue weighted by Crippen LogP contribution is -2.18. The third-order valence-electron chi connectivity index (χ3n) is 3.26. The molecule has 110 valence electrons. The van der Waals surface area contributed by atoms with Crippen LogP contribution in [0.1, 0.15) is 43.1 Å². The summed E-state index contributed by atoms with van der Waals surface area (Å²) in [6, 6.07) is 4.76. The third-order valence-corrected chi connectivity index (χ3v) is 3.46. The average molecular weight is 305 g/mol. The number of aromatic nitrogens is 2. The zero-order chi connectivity index (χ0) is 15.1. The first kappa shape index (κ1) is 15.2. The van der Waals surface area contributed by atoms with Crippen molar-refractivity contribution >= 4 is 22.6 Å². The highest BCUT2D eigenvalue weighted by atomic mass is 35.5. The van der Waals surface area contributed by atoms with E-state index < -0.39 is 24.0 Å². The second-order valence-corrected chi connectivity index (χ2v) is 5.72. The molecular formula is C14H16ClF3N2. The molecule has 0 saturated carbocycles. The fraction of sp³-hybridized carbons (Fsp3) is 0.500. The summed E-state index contributed by atoms with van der Waals surface area (Å²) < 4.78 is 39.6. The number of rotatable bonds is 3. The summed E-state index contributed by atoms with van der Waals surface area (Å²) in [5.74, 6) is 0.479. The topological polar surface area (TPSA) is 17.8 Å².